The second-order valence-electron chi connectivity index (χ2n) is 10.4. The van der Waals surface area contributed by atoms with E-state index in [1.807, 2.05) is 47.4 Å². The lowest BCUT2D eigenvalue weighted by molar-refractivity contribution is -0.132. The quantitative estimate of drug-likeness (QED) is 0.416. The van der Waals surface area contributed by atoms with Gasteiger partial charge in [-0.3, -0.25) is 19.3 Å². The van der Waals surface area contributed by atoms with Crippen LogP contribution in [0, 0.1) is 0 Å². The molecule has 1 fully saturated rings. The van der Waals surface area contributed by atoms with E-state index in [2.05, 4.69) is 27.3 Å². The fourth-order valence-electron chi connectivity index (χ4n) is 5.48. The van der Waals surface area contributed by atoms with E-state index in [1.165, 1.54) is 11.8 Å². The van der Waals surface area contributed by atoms with Gasteiger partial charge in [0.15, 0.2) is 5.17 Å². The van der Waals surface area contributed by atoms with Crippen LogP contribution < -0.4 is 15.0 Å². The second-order valence-corrected chi connectivity index (χ2v) is 11.3. The van der Waals surface area contributed by atoms with Crippen LogP contribution in [-0.4, -0.2) is 83.6 Å². The summed E-state index contributed by atoms with van der Waals surface area (Å²) in [5.41, 5.74) is 3.23. The van der Waals surface area contributed by atoms with Gasteiger partial charge in [-0.1, -0.05) is 48.2 Å². The predicted molar refractivity (Wildman–Crippen MR) is 169 cm³/mol. The highest BCUT2D eigenvalue weighted by Gasteiger charge is 2.42. The Morgan fingerprint density at radius 3 is 2.51 bits per heavy atom. The third kappa shape index (κ3) is 6.26. The van der Waals surface area contributed by atoms with Crippen LogP contribution in [0.1, 0.15) is 18.4 Å². The fourth-order valence-corrected chi connectivity index (χ4v) is 6.32. The number of amidine groups is 2. The van der Waals surface area contributed by atoms with Crippen LogP contribution in [0.4, 0.5) is 17.1 Å². The molecule has 0 aromatic heterocycles. The zero-order valence-electron chi connectivity index (χ0n) is 23.8. The lowest BCUT2D eigenvalue weighted by Gasteiger charge is -2.36. The van der Waals surface area contributed by atoms with Gasteiger partial charge in [0, 0.05) is 55.6 Å². The van der Waals surface area contributed by atoms with Gasteiger partial charge in [0.1, 0.15) is 17.6 Å². The minimum Gasteiger partial charge on any atom is -0.497 e. The fraction of sp³-hybridized carbons (Fsp3) is 0.281. The van der Waals surface area contributed by atoms with Crippen molar-refractivity contribution in [1.29, 1.82) is 0 Å². The van der Waals surface area contributed by atoms with Crippen molar-refractivity contribution in [2.24, 2.45) is 9.98 Å². The molecule has 3 aromatic carbocycles. The molecule has 1 atom stereocenters. The van der Waals surface area contributed by atoms with Crippen LogP contribution in [0.25, 0.3) is 0 Å². The third-order valence-electron chi connectivity index (χ3n) is 7.68. The average molecular weight is 597 g/mol. The van der Waals surface area contributed by atoms with E-state index in [1.54, 1.807) is 36.3 Å². The Bertz CT molecular complexity index is 1590. The molecular weight excluding hydrogens is 564 g/mol. The summed E-state index contributed by atoms with van der Waals surface area (Å²) >= 11 is 1.24. The van der Waals surface area contributed by atoms with E-state index in [0.29, 0.717) is 47.6 Å². The van der Waals surface area contributed by atoms with Crippen molar-refractivity contribution >= 4 is 57.5 Å². The van der Waals surface area contributed by atoms with Gasteiger partial charge in [-0.2, -0.15) is 4.99 Å². The van der Waals surface area contributed by atoms with Gasteiger partial charge in [0.25, 0.3) is 5.91 Å². The maximum absolute atomic E-state index is 13.2. The number of rotatable bonds is 8. The lowest BCUT2D eigenvalue weighted by atomic mass is 10.1. The van der Waals surface area contributed by atoms with Gasteiger partial charge >= 0.3 is 0 Å². The number of benzene rings is 3. The molecule has 43 heavy (non-hydrogen) atoms. The molecule has 0 radical (unpaired) electrons. The van der Waals surface area contributed by atoms with Crippen LogP contribution in [0.3, 0.4) is 0 Å². The van der Waals surface area contributed by atoms with Gasteiger partial charge in [-0.25, -0.2) is 4.99 Å². The monoisotopic (exact) mass is 596 g/mol. The highest BCUT2D eigenvalue weighted by Crippen LogP contribution is 2.35. The van der Waals surface area contributed by atoms with Crippen molar-refractivity contribution < 1.29 is 19.1 Å². The van der Waals surface area contributed by atoms with Crippen LogP contribution in [0.2, 0.25) is 0 Å². The molecule has 10 nitrogen and oxygen atoms in total. The number of carbonyl (C=O) groups excluding carboxylic acids is 3. The van der Waals surface area contributed by atoms with E-state index >= 15 is 0 Å². The van der Waals surface area contributed by atoms with Crippen LogP contribution in [0.15, 0.2) is 88.8 Å². The number of thioether (sulfide) groups is 1. The second kappa shape index (κ2) is 12.7. The third-order valence-corrected chi connectivity index (χ3v) is 8.63. The summed E-state index contributed by atoms with van der Waals surface area (Å²) in [6.07, 6.45) is 0.526. The molecule has 3 aromatic rings. The van der Waals surface area contributed by atoms with E-state index < -0.39 is 6.04 Å². The smallest absolute Gasteiger partial charge is 0.270 e. The van der Waals surface area contributed by atoms with Gasteiger partial charge in [0.2, 0.25) is 11.8 Å². The van der Waals surface area contributed by atoms with Gasteiger partial charge in [-0.05, 0) is 42.8 Å². The Morgan fingerprint density at radius 2 is 1.72 bits per heavy atom. The Hall–Kier alpha value is -4.64. The van der Waals surface area contributed by atoms with E-state index in [9.17, 15) is 14.4 Å². The maximum Gasteiger partial charge on any atom is 0.270 e. The number of aliphatic imine (C=N–C) groups is 2. The lowest BCUT2D eigenvalue weighted by Crippen LogP contribution is -2.49. The molecule has 1 saturated heterocycles. The molecule has 3 heterocycles. The number of carbonyl (C=O) groups is 3. The standard InChI is InChI=1S/C32H32N6O4S/c1-42-24-11-7-8-22(20-24)33-28(39)21-43-32-34-26-13-6-5-12-25(26)30-35-31(41)27(38(30)32)14-15-29(40)37-18-16-36(17-19-37)23-9-3-2-4-10-23/h2-13,20,27H,14-19,21H2,1H3,(H,33,39). The Kier molecular flexibility index (Phi) is 8.41. The number of fused-ring (bicyclic) bond motifs is 3. The summed E-state index contributed by atoms with van der Waals surface area (Å²) in [4.78, 5) is 54.4. The Balaban J connectivity index is 1.11. The molecular formula is C32H32N6O4S. The largest absolute Gasteiger partial charge is 0.497 e. The molecule has 6 rings (SSSR count). The number of hydrogen-bond donors (Lipinski definition) is 1. The van der Waals surface area contributed by atoms with Crippen LogP contribution in [-0.2, 0) is 14.4 Å². The normalized spacial score (nSPS) is 17.6. The summed E-state index contributed by atoms with van der Waals surface area (Å²) in [5.74, 6) is 0.738. The van der Waals surface area contributed by atoms with Crippen LogP contribution in [0.5, 0.6) is 5.75 Å². The number of amides is 3. The number of anilines is 2. The average Bonchev–Trinajstić information content (AvgIpc) is 3.39. The molecule has 3 amide bonds. The SMILES string of the molecule is COc1cccc(NC(=O)CSC2=Nc3ccccc3C3=NC(=O)C(CCC(=O)N4CCN(c5ccccc5)CC4)N23)c1. The number of hydrogen-bond acceptors (Lipinski definition) is 8. The van der Waals surface area contributed by atoms with Gasteiger partial charge < -0.3 is 19.9 Å². The molecule has 0 bridgehead atoms. The van der Waals surface area contributed by atoms with Crippen molar-refractivity contribution in [2.75, 3.05) is 49.3 Å². The first kappa shape index (κ1) is 28.5. The molecule has 0 aliphatic carbocycles. The van der Waals surface area contributed by atoms with Crippen molar-refractivity contribution in [2.45, 2.75) is 18.9 Å². The van der Waals surface area contributed by atoms with Gasteiger partial charge in [-0.15, -0.1) is 0 Å². The highest BCUT2D eigenvalue weighted by atomic mass is 32.2. The van der Waals surface area contributed by atoms with Crippen molar-refractivity contribution in [3.8, 4) is 5.75 Å². The van der Waals surface area contributed by atoms with E-state index in [-0.39, 0.29) is 29.9 Å². The highest BCUT2D eigenvalue weighted by molar-refractivity contribution is 8.14. The first-order valence-corrected chi connectivity index (χ1v) is 15.2. The molecule has 11 heteroatoms. The summed E-state index contributed by atoms with van der Waals surface area (Å²) in [7, 11) is 1.57. The van der Waals surface area contributed by atoms with Crippen molar-refractivity contribution in [3.63, 3.8) is 0 Å². The molecule has 220 valence electrons. The Labute approximate surface area is 254 Å². The molecule has 0 spiro atoms. The van der Waals surface area contributed by atoms with E-state index in [0.717, 1.165) is 24.3 Å². The number of methoxy groups -OCH3 is 1. The molecule has 3 aliphatic heterocycles. The van der Waals surface area contributed by atoms with Gasteiger partial charge in [0.05, 0.1) is 18.6 Å². The van der Waals surface area contributed by atoms with E-state index in [4.69, 9.17) is 9.73 Å². The number of nitrogens with one attached hydrogen (secondary N) is 1. The summed E-state index contributed by atoms with van der Waals surface area (Å²) in [6, 6.07) is 24.2. The summed E-state index contributed by atoms with van der Waals surface area (Å²) < 4.78 is 5.24. The topological polar surface area (TPSA) is 107 Å². The van der Waals surface area contributed by atoms with Crippen molar-refractivity contribution in [3.05, 3.63) is 84.4 Å². The van der Waals surface area contributed by atoms with Crippen LogP contribution >= 0.6 is 11.8 Å². The first-order chi connectivity index (χ1) is 21.0. The molecule has 3 aliphatic rings. The first-order valence-electron chi connectivity index (χ1n) is 14.2. The number of piperazine rings is 1. The van der Waals surface area contributed by atoms with Crippen molar-refractivity contribution in [1.82, 2.24) is 9.80 Å². The molecule has 1 N–H and O–H groups in total. The minimum atomic E-state index is -0.661. The number of ether oxygens (including phenoxy) is 1. The molecule has 0 saturated carbocycles. The Morgan fingerprint density at radius 1 is 0.953 bits per heavy atom. The summed E-state index contributed by atoms with van der Waals surface area (Å²) in [6.45, 7) is 2.80. The summed E-state index contributed by atoms with van der Waals surface area (Å²) in [5, 5.41) is 3.39. The maximum atomic E-state index is 13.2. The predicted octanol–water partition coefficient (Wildman–Crippen LogP) is 4.15. The number of nitrogens with zero attached hydrogens (tertiary/aromatic N) is 5. The zero-order valence-corrected chi connectivity index (χ0v) is 24.6. The number of para-hydroxylation sites is 2. The zero-order chi connectivity index (χ0) is 29.8. The minimum absolute atomic E-state index is 0.0233. The molecule has 1 unspecified atom stereocenters.